The van der Waals surface area contributed by atoms with Crippen LogP contribution in [-0.4, -0.2) is 41.1 Å². The largest absolute Gasteiger partial charge is 0.481 e. The summed E-state index contributed by atoms with van der Waals surface area (Å²) in [5.41, 5.74) is 5.35. The van der Waals surface area contributed by atoms with Crippen molar-refractivity contribution in [3.05, 3.63) is 0 Å². The fraction of sp³-hybridized carbons (Fsp3) is 0.923. The molecule has 102 valence electrons. The Bertz CT molecular complexity index is 210. The van der Waals surface area contributed by atoms with Gasteiger partial charge in [0.2, 0.25) is 0 Å². The summed E-state index contributed by atoms with van der Waals surface area (Å²) >= 11 is 0. The normalized spacial score (nSPS) is 18.4. The molecule has 17 heavy (non-hydrogen) atoms. The molecule has 0 atom stereocenters. The van der Waals surface area contributed by atoms with Gasteiger partial charge >= 0.3 is 5.97 Å². The van der Waals surface area contributed by atoms with E-state index in [-0.39, 0.29) is 11.5 Å². The topological polar surface area (TPSA) is 66.6 Å². The van der Waals surface area contributed by atoms with Crippen LogP contribution in [0.3, 0.4) is 0 Å². The highest BCUT2D eigenvalue weighted by atomic mass is 16.4. The highest BCUT2D eigenvalue weighted by Gasteiger charge is 2.23. The minimum atomic E-state index is -0.619. The van der Waals surface area contributed by atoms with E-state index >= 15 is 0 Å². The lowest BCUT2D eigenvalue weighted by Gasteiger charge is -2.29. The number of hydrogen-bond acceptors (Lipinski definition) is 3. The van der Waals surface area contributed by atoms with E-state index in [9.17, 15) is 4.79 Å². The van der Waals surface area contributed by atoms with Crippen LogP contribution >= 0.6 is 0 Å². The number of aliphatic carboxylic acids is 1. The van der Waals surface area contributed by atoms with Crippen LogP contribution in [-0.2, 0) is 4.79 Å². The second kappa shape index (κ2) is 7.67. The van der Waals surface area contributed by atoms with Crippen LogP contribution in [0.15, 0.2) is 0 Å². The second-order valence-electron chi connectivity index (χ2n) is 5.82. The number of carboxylic acid groups (broad SMARTS) is 1. The number of carbonyl (C=O) groups is 1. The Morgan fingerprint density at radius 1 is 1.35 bits per heavy atom. The average Bonchev–Trinajstić information content (AvgIpc) is 2.16. The lowest BCUT2D eigenvalue weighted by atomic mass is 9.97. The summed E-state index contributed by atoms with van der Waals surface area (Å²) in [6.45, 7) is 11.1. The molecule has 1 saturated heterocycles. The van der Waals surface area contributed by atoms with E-state index in [0.717, 1.165) is 38.9 Å². The molecule has 1 aliphatic heterocycles. The summed E-state index contributed by atoms with van der Waals surface area (Å²) in [4.78, 5) is 12.9. The first kappa shape index (κ1) is 16.4. The third kappa shape index (κ3) is 10.3. The van der Waals surface area contributed by atoms with Gasteiger partial charge in [-0.25, -0.2) is 0 Å². The molecule has 1 aliphatic rings. The lowest BCUT2D eigenvalue weighted by molar-refractivity contribution is -0.143. The van der Waals surface area contributed by atoms with E-state index in [2.05, 4.69) is 11.8 Å². The van der Waals surface area contributed by atoms with Crippen molar-refractivity contribution in [2.45, 2.75) is 52.5 Å². The number of nitrogens with zero attached hydrogens (tertiary/aromatic N) is 1. The maximum atomic E-state index is 10.6. The lowest BCUT2D eigenvalue weighted by Crippen LogP contribution is -2.36. The maximum Gasteiger partial charge on any atom is 0.306 e. The fourth-order valence-electron chi connectivity index (χ4n) is 1.72. The van der Waals surface area contributed by atoms with Crippen molar-refractivity contribution in [1.29, 1.82) is 0 Å². The molecule has 0 unspecified atom stereocenters. The number of likely N-dealkylation sites (tertiary alicyclic amines) is 1. The Labute approximate surface area is 105 Å². The van der Waals surface area contributed by atoms with E-state index < -0.39 is 5.97 Å². The molecule has 1 rings (SSSR count). The van der Waals surface area contributed by atoms with Gasteiger partial charge in [-0.05, 0) is 59.7 Å². The van der Waals surface area contributed by atoms with Gasteiger partial charge in [-0.1, -0.05) is 6.92 Å². The zero-order chi connectivity index (χ0) is 13.5. The summed E-state index contributed by atoms with van der Waals surface area (Å²) in [7, 11) is 0. The van der Waals surface area contributed by atoms with E-state index in [1.807, 2.05) is 20.8 Å². The van der Waals surface area contributed by atoms with Crippen LogP contribution in [0.4, 0.5) is 0 Å². The van der Waals surface area contributed by atoms with Crippen molar-refractivity contribution in [2.24, 2.45) is 11.7 Å². The molecule has 4 nitrogen and oxygen atoms in total. The summed E-state index contributed by atoms with van der Waals surface area (Å²) in [6.07, 6.45) is 2.82. The molecule has 0 amide bonds. The molecule has 4 heteroatoms. The summed E-state index contributed by atoms with van der Waals surface area (Å²) < 4.78 is 0. The standard InChI is InChI=1S/C9H17NO2.C4H11N/c1-2-5-10-6-3-8(4-7-10)9(11)12;1-4(2,3)5/h8H,2-7H2,1H3,(H,11,12);5H2,1-3H3. The second-order valence-corrected chi connectivity index (χ2v) is 5.82. The number of piperidine rings is 1. The van der Waals surface area contributed by atoms with Gasteiger partial charge in [0.25, 0.3) is 0 Å². The molecular formula is C13H28N2O2. The zero-order valence-electron chi connectivity index (χ0n) is 11.7. The SMILES string of the molecule is CC(C)(C)N.CCCN1CCC(C(=O)O)CC1. The van der Waals surface area contributed by atoms with Crippen LogP contribution in [0.25, 0.3) is 0 Å². The van der Waals surface area contributed by atoms with Crippen molar-refractivity contribution in [3.8, 4) is 0 Å². The van der Waals surface area contributed by atoms with Crippen molar-refractivity contribution < 1.29 is 9.90 Å². The monoisotopic (exact) mass is 244 g/mol. The van der Waals surface area contributed by atoms with Gasteiger partial charge in [-0.15, -0.1) is 0 Å². The smallest absolute Gasteiger partial charge is 0.306 e. The minimum absolute atomic E-state index is 0. The van der Waals surface area contributed by atoms with E-state index in [1.54, 1.807) is 0 Å². The molecular weight excluding hydrogens is 216 g/mol. The number of rotatable bonds is 3. The van der Waals surface area contributed by atoms with E-state index in [0.29, 0.717) is 0 Å². The number of hydrogen-bond donors (Lipinski definition) is 2. The molecule has 0 saturated carbocycles. The molecule has 1 fully saturated rings. The first-order valence-electron chi connectivity index (χ1n) is 6.48. The van der Waals surface area contributed by atoms with Gasteiger partial charge < -0.3 is 15.7 Å². The van der Waals surface area contributed by atoms with Gasteiger partial charge in [-0.3, -0.25) is 4.79 Å². The van der Waals surface area contributed by atoms with Gasteiger partial charge in [0.05, 0.1) is 5.92 Å². The van der Waals surface area contributed by atoms with Crippen molar-refractivity contribution in [3.63, 3.8) is 0 Å². The third-order valence-corrected chi connectivity index (χ3v) is 2.48. The van der Waals surface area contributed by atoms with Crippen LogP contribution in [0.1, 0.15) is 47.0 Å². The van der Waals surface area contributed by atoms with Crippen molar-refractivity contribution in [1.82, 2.24) is 4.90 Å². The Morgan fingerprint density at radius 2 is 1.76 bits per heavy atom. The molecule has 1 heterocycles. The number of nitrogens with two attached hydrogens (primary N) is 1. The van der Waals surface area contributed by atoms with E-state index in [1.165, 1.54) is 0 Å². The Balaban J connectivity index is 0.000000437. The Kier molecular flexibility index (Phi) is 7.39. The fourth-order valence-corrected chi connectivity index (χ4v) is 1.72. The predicted molar refractivity (Wildman–Crippen MR) is 71.0 cm³/mol. The molecule has 0 aliphatic carbocycles. The van der Waals surface area contributed by atoms with Crippen LogP contribution in [0.2, 0.25) is 0 Å². The predicted octanol–water partition coefficient (Wildman–Crippen LogP) is 1.94. The third-order valence-electron chi connectivity index (χ3n) is 2.48. The average molecular weight is 244 g/mol. The highest BCUT2D eigenvalue weighted by Crippen LogP contribution is 2.16. The van der Waals surface area contributed by atoms with Gasteiger partial charge in [0.1, 0.15) is 0 Å². The Hall–Kier alpha value is -0.610. The minimum Gasteiger partial charge on any atom is -0.481 e. The van der Waals surface area contributed by atoms with Gasteiger partial charge in [-0.2, -0.15) is 0 Å². The molecule has 0 bridgehead atoms. The van der Waals surface area contributed by atoms with E-state index in [4.69, 9.17) is 10.8 Å². The van der Waals surface area contributed by atoms with Gasteiger partial charge in [0.15, 0.2) is 0 Å². The first-order chi connectivity index (χ1) is 7.74. The molecule has 0 aromatic heterocycles. The maximum absolute atomic E-state index is 10.6. The molecule has 0 radical (unpaired) electrons. The van der Waals surface area contributed by atoms with Gasteiger partial charge in [0, 0.05) is 5.54 Å². The van der Waals surface area contributed by atoms with Crippen molar-refractivity contribution >= 4 is 5.97 Å². The quantitative estimate of drug-likeness (QED) is 0.796. The van der Waals surface area contributed by atoms with Crippen LogP contribution in [0.5, 0.6) is 0 Å². The summed E-state index contributed by atoms with van der Waals surface area (Å²) in [6, 6.07) is 0. The number of carboxylic acids is 1. The zero-order valence-corrected chi connectivity index (χ0v) is 11.7. The molecule has 0 spiro atoms. The van der Waals surface area contributed by atoms with Crippen molar-refractivity contribution in [2.75, 3.05) is 19.6 Å². The first-order valence-corrected chi connectivity index (χ1v) is 6.48. The Morgan fingerprint density at radius 3 is 2.06 bits per heavy atom. The molecule has 0 aromatic rings. The summed E-state index contributed by atoms with van der Waals surface area (Å²) in [5, 5.41) is 8.74. The van der Waals surface area contributed by atoms with Crippen LogP contribution in [0, 0.1) is 5.92 Å². The molecule has 0 aromatic carbocycles. The van der Waals surface area contributed by atoms with Crippen LogP contribution < -0.4 is 5.73 Å². The summed E-state index contributed by atoms with van der Waals surface area (Å²) in [5.74, 6) is -0.704. The molecule has 3 N–H and O–H groups in total. The highest BCUT2D eigenvalue weighted by molar-refractivity contribution is 5.70.